The van der Waals surface area contributed by atoms with Crippen molar-refractivity contribution in [2.75, 3.05) is 19.8 Å². The van der Waals surface area contributed by atoms with Crippen LogP contribution in [0.1, 0.15) is 13.8 Å². The summed E-state index contributed by atoms with van der Waals surface area (Å²) in [7, 11) is 0. The van der Waals surface area contributed by atoms with Crippen molar-refractivity contribution in [2.24, 2.45) is 0 Å². The molecule has 1 unspecified atom stereocenters. The van der Waals surface area contributed by atoms with Gasteiger partial charge in [-0.15, -0.1) is 0 Å². The summed E-state index contributed by atoms with van der Waals surface area (Å²) in [5.74, 6) is -0.456. The number of esters is 1. The Morgan fingerprint density at radius 3 is 2.17 bits per heavy atom. The smallest absolute Gasteiger partial charge is 0.302 e. The molecular weight excluding hydrogens is 164 g/mol. The van der Waals surface area contributed by atoms with Crippen LogP contribution in [0.4, 0.5) is 0 Å². The molecule has 3 N–H and O–H groups in total. The van der Waals surface area contributed by atoms with Gasteiger partial charge in [-0.2, -0.15) is 0 Å². The highest BCUT2D eigenvalue weighted by Gasteiger charge is 2.02. The molecule has 0 rings (SSSR count). The molecular formula is C7H16O5. The summed E-state index contributed by atoms with van der Waals surface area (Å²) >= 11 is 0. The zero-order valence-electron chi connectivity index (χ0n) is 7.36. The second-order valence-corrected chi connectivity index (χ2v) is 1.96. The third-order valence-corrected chi connectivity index (χ3v) is 0.690. The summed E-state index contributed by atoms with van der Waals surface area (Å²) in [6.45, 7) is 2.66. The molecule has 5 nitrogen and oxygen atoms in total. The van der Waals surface area contributed by atoms with Crippen molar-refractivity contribution < 1.29 is 24.9 Å². The predicted molar refractivity (Wildman–Crippen MR) is 42.5 cm³/mol. The Morgan fingerprint density at radius 2 is 1.92 bits per heavy atom. The van der Waals surface area contributed by atoms with Gasteiger partial charge in [0.15, 0.2) is 0 Å². The minimum atomic E-state index is -0.950. The molecule has 0 aliphatic rings. The van der Waals surface area contributed by atoms with Crippen LogP contribution in [0.3, 0.4) is 0 Å². The first-order valence-electron chi connectivity index (χ1n) is 3.61. The van der Waals surface area contributed by atoms with E-state index in [0.717, 1.165) is 0 Å². The SMILES string of the molecule is CC(=O)OCC(O)CO.CCO. The van der Waals surface area contributed by atoms with E-state index in [0.29, 0.717) is 0 Å². The lowest BCUT2D eigenvalue weighted by Crippen LogP contribution is -2.20. The summed E-state index contributed by atoms with van der Waals surface area (Å²) in [6, 6.07) is 0. The number of aliphatic hydroxyl groups is 3. The number of ether oxygens (including phenoxy) is 1. The molecule has 0 aromatic carbocycles. The Bertz CT molecular complexity index is 104. The maximum atomic E-state index is 10.0. The molecule has 0 aliphatic heterocycles. The van der Waals surface area contributed by atoms with Crippen LogP contribution in [0.15, 0.2) is 0 Å². The van der Waals surface area contributed by atoms with Gasteiger partial charge in [-0.1, -0.05) is 0 Å². The number of carbonyl (C=O) groups is 1. The van der Waals surface area contributed by atoms with Gasteiger partial charge in [-0.25, -0.2) is 0 Å². The number of rotatable bonds is 3. The monoisotopic (exact) mass is 180 g/mol. The highest BCUT2D eigenvalue weighted by Crippen LogP contribution is 1.82. The maximum absolute atomic E-state index is 10.0. The van der Waals surface area contributed by atoms with Crippen LogP contribution in [0.25, 0.3) is 0 Å². The third kappa shape index (κ3) is 16.2. The van der Waals surface area contributed by atoms with Gasteiger partial charge < -0.3 is 20.1 Å². The van der Waals surface area contributed by atoms with E-state index in [-0.39, 0.29) is 19.8 Å². The fourth-order valence-corrected chi connectivity index (χ4v) is 0.266. The molecule has 0 radical (unpaired) electrons. The first kappa shape index (κ1) is 13.9. The number of hydrogen-bond donors (Lipinski definition) is 3. The van der Waals surface area contributed by atoms with E-state index in [1.165, 1.54) is 6.92 Å². The Balaban J connectivity index is 0. The lowest BCUT2D eigenvalue weighted by Gasteiger charge is -2.05. The number of hydrogen-bond acceptors (Lipinski definition) is 5. The van der Waals surface area contributed by atoms with E-state index in [9.17, 15) is 4.79 Å². The molecule has 0 spiro atoms. The molecule has 0 amide bonds. The lowest BCUT2D eigenvalue weighted by atomic mass is 10.4. The summed E-state index contributed by atoms with van der Waals surface area (Å²) in [4.78, 5) is 10.0. The van der Waals surface area contributed by atoms with Gasteiger partial charge >= 0.3 is 5.97 Å². The first-order chi connectivity index (χ1) is 5.58. The molecule has 0 heterocycles. The average molecular weight is 180 g/mol. The number of carbonyl (C=O) groups excluding carboxylic acids is 1. The predicted octanol–water partition coefficient (Wildman–Crippen LogP) is -1.10. The molecule has 0 aromatic rings. The average Bonchev–Trinajstić information content (AvgIpc) is 2.01. The summed E-state index contributed by atoms with van der Waals surface area (Å²) in [5, 5.41) is 24.4. The summed E-state index contributed by atoms with van der Waals surface area (Å²) < 4.78 is 4.35. The van der Waals surface area contributed by atoms with Crippen molar-refractivity contribution in [3.8, 4) is 0 Å². The van der Waals surface area contributed by atoms with E-state index in [1.807, 2.05) is 0 Å². The van der Waals surface area contributed by atoms with Crippen LogP contribution in [0.5, 0.6) is 0 Å². The first-order valence-corrected chi connectivity index (χ1v) is 3.61. The van der Waals surface area contributed by atoms with Gasteiger partial charge in [0, 0.05) is 13.5 Å². The van der Waals surface area contributed by atoms with Crippen molar-refractivity contribution in [2.45, 2.75) is 20.0 Å². The largest absolute Gasteiger partial charge is 0.463 e. The Morgan fingerprint density at radius 1 is 1.50 bits per heavy atom. The highest BCUT2D eigenvalue weighted by molar-refractivity contribution is 5.65. The van der Waals surface area contributed by atoms with Gasteiger partial charge in [0.1, 0.15) is 12.7 Å². The van der Waals surface area contributed by atoms with Crippen LogP contribution in [-0.4, -0.2) is 47.2 Å². The molecule has 1 atom stereocenters. The van der Waals surface area contributed by atoms with E-state index in [4.69, 9.17) is 15.3 Å². The second kappa shape index (κ2) is 10.3. The minimum Gasteiger partial charge on any atom is -0.463 e. The molecule has 12 heavy (non-hydrogen) atoms. The normalized spacial score (nSPS) is 11.1. The fourth-order valence-electron chi connectivity index (χ4n) is 0.266. The van der Waals surface area contributed by atoms with E-state index in [2.05, 4.69) is 4.74 Å². The minimum absolute atomic E-state index is 0.133. The zero-order chi connectivity index (χ0) is 9.98. The van der Waals surface area contributed by atoms with Gasteiger partial charge in [0.2, 0.25) is 0 Å². The maximum Gasteiger partial charge on any atom is 0.302 e. The van der Waals surface area contributed by atoms with Crippen molar-refractivity contribution in [1.82, 2.24) is 0 Å². The topological polar surface area (TPSA) is 87.0 Å². The molecule has 0 aliphatic carbocycles. The third-order valence-electron chi connectivity index (χ3n) is 0.690. The van der Waals surface area contributed by atoms with Gasteiger partial charge in [0.25, 0.3) is 0 Å². The van der Waals surface area contributed by atoms with Crippen LogP contribution >= 0.6 is 0 Å². The lowest BCUT2D eigenvalue weighted by molar-refractivity contribution is -0.144. The van der Waals surface area contributed by atoms with E-state index in [1.54, 1.807) is 6.92 Å². The molecule has 5 heteroatoms. The summed E-state index contributed by atoms with van der Waals surface area (Å²) in [6.07, 6.45) is -0.950. The van der Waals surface area contributed by atoms with Crippen LogP contribution in [0, 0.1) is 0 Å². The molecule has 74 valence electrons. The van der Waals surface area contributed by atoms with Crippen LogP contribution in [0.2, 0.25) is 0 Å². The van der Waals surface area contributed by atoms with Gasteiger partial charge in [0.05, 0.1) is 6.61 Å². The standard InChI is InChI=1S/C5H10O4.C2H6O/c1-4(7)9-3-5(8)2-6;1-2-3/h5-6,8H,2-3H2,1H3;3H,2H2,1H3. The Kier molecular flexibility index (Phi) is 12.0. The quantitative estimate of drug-likeness (QED) is 0.480. The van der Waals surface area contributed by atoms with Crippen LogP contribution in [-0.2, 0) is 9.53 Å². The van der Waals surface area contributed by atoms with E-state index >= 15 is 0 Å². The molecule has 0 aromatic heterocycles. The van der Waals surface area contributed by atoms with Crippen molar-refractivity contribution in [1.29, 1.82) is 0 Å². The van der Waals surface area contributed by atoms with E-state index < -0.39 is 12.1 Å². The Labute approximate surface area is 71.6 Å². The zero-order valence-corrected chi connectivity index (χ0v) is 7.36. The van der Waals surface area contributed by atoms with Crippen LogP contribution < -0.4 is 0 Å². The second-order valence-electron chi connectivity index (χ2n) is 1.96. The molecule has 0 saturated carbocycles. The van der Waals surface area contributed by atoms with Crippen molar-refractivity contribution >= 4 is 5.97 Å². The van der Waals surface area contributed by atoms with Gasteiger partial charge in [-0.05, 0) is 6.92 Å². The number of aliphatic hydroxyl groups excluding tert-OH is 3. The summed E-state index contributed by atoms with van der Waals surface area (Å²) in [5.41, 5.74) is 0. The van der Waals surface area contributed by atoms with Crippen molar-refractivity contribution in [3.05, 3.63) is 0 Å². The highest BCUT2D eigenvalue weighted by atomic mass is 16.5. The molecule has 0 saturated heterocycles. The van der Waals surface area contributed by atoms with Gasteiger partial charge in [-0.3, -0.25) is 4.79 Å². The Hall–Kier alpha value is -0.650. The fraction of sp³-hybridized carbons (Fsp3) is 0.857. The molecule has 0 bridgehead atoms. The molecule has 0 fully saturated rings. The van der Waals surface area contributed by atoms with Crippen molar-refractivity contribution in [3.63, 3.8) is 0 Å².